The lowest BCUT2D eigenvalue weighted by Crippen LogP contribution is -2.42. The van der Waals surface area contributed by atoms with Crippen LogP contribution < -0.4 is 11.1 Å². The Balaban J connectivity index is 0.00000200. The van der Waals surface area contributed by atoms with Gasteiger partial charge in [0.1, 0.15) is 5.82 Å². The van der Waals surface area contributed by atoms with Crippen LogP contribution in [0.4, 0.5) is 0 Å². The minimum absolute atomic E-state index is 0. The smallest absolute Gasteiger partial charge is 0.254 e. The number of nitrogens with zero attached hydrogens (tertiary/aromatic N) is 2. The van der Waals surface area contributed by atoms with Gasteiger partial charge in [-0.05, 0) is 31.6 Å². The van der Waals surface area contributed by atoms with Gasteiger partial charge in [0.05, 0.1) is 11.3 Å². The molecule has 0 spiro atoms. The van der Waals surface area contributed by atoms with Crippen LogP contribution in [0.5, 0.6) is 0 Å². The second-order valence-corrected chi connectivity index (χ2v) is 5.52. The molecule has 1 aliphatic rings. The molecule has 0 bridgehead atoms. The molecular weight excluding hydrogens is 276 g/mol. The zero-order valence-electron chi connectivity index (χ0n) is 12.2. The van der Waals surface area contributed by atoms with Gasteiger partial charge >= 0.3 is 0 Å². The Labute approximate surface area is 126 Å². The van der Waals surface area contributed by atoms with Crippen molar-refractivity contribution < 1.29 is 4.79 Å². The molecule has 1 heterocycles. The van der Waals surface area contributed by atoms with Crippen molar-refractivity contribution in [2.75, 3.05) is 6.54 Å². The highest BCUT2D eigenvalue weighted by Gasteiger charge is 2.32. The molecule has 2 rings (SSSR count). The van der Waals surface area contributed by atoms with Crippen molar-refractivity contribution in [1.82, 2.24) is 15.3 Å². The molecule has 1 amide bonds. The molecular formula is C14H23ClN4O. The van der Waals surface area contributed by atoms with E-state index in [4.69, 9.17) is 5.73 Å². The first-order chi connectivity index (χ1) is 9.02. The Morgan fingerprint density at radius 1 is 1.50 bits per heavy atom. The van der Waals surface area contributed by atoms with E-state index in [-0.39, 0.29) is 30.3 Å². The number of nitrogens with two attached hydrogens (primary N) is 1. The van der Waals surface area contributed by atoms with Crippen molar-refractivity contribution in [3.63, 3.8) is 0 Å². The standard InChI is InChI=1S/C14H22N4O.ClH/c1-8(2)13-11(7-16-9(3)17-13)14(19)18-12(6-15)10-4-5-10;/h7-8,10,12H,4-6,15H2,1-3H3,(H,18,19);1H. The van der Waals surface area contributed by atoms with Gasteiger partial charge in [0.2, 0.25) is 0 Å². The molecule has 112 valence electrons. The molecule has 1 aromatic rings. The minimum Gasteiger partial charge on any atom is -0.348 e. The zero-order chi connectivity index (χ0) is 14.0. The normalized spacial score (nSPS) is 15.7. The molecule has 1 aliphatic carbocycles. The lowest BCUT2D eigenvalue weighted by Gasteiger charge is -2.18. The molecule has 0 aromatic carbocycles. The lowest BCUT2D eigenvalue weighted by atomic mass is 10.0. The zero-order valence-corrected chi connectivity index (χ0v) is 13.0. The van der Waals surface area contributed by atoms with Crippen LogP contribution in [0.1, 0.15) is 54.5 Å². The number of nitrogens with one attached hydrogen (secondary N) is 1. The number of carbonyl (C=O) groups excluding carboxylic acids is 1. The van der Waals surface area contributed by atoms with Gasteiger partial charge < -0.3 is 11.1 Å². The summed E-state index contributed by atoms with van der Waals surface area (Å²) in [4.78, 5) is 20.9. The Hall–Kier alpha value is -1.20. The highest BCUT2D eigenvalue weighted by atomic mass is 35.5. The van der Waals surface area contributed by atoms with Gasteiger partial charge in [-0.1, -0.05) is 13.8 Å². The van der Waals surface area contributed by atoms with Gasteiger partial charge in [-0.25, -0.2) is 9.97 Å². The van der Waals surface area contributed by atoms with Crippen LogP contribution in [-0.2, 0) is 0 Å². The van der Waals surface area contributed by atoms with Crippen LogP contribution >= 0.6 is 12.4 Å². The Morgan fingerprint density at radius 2 is 2.15 bits per heavy atom. The third-order valence-electron chi connectivity index (χ3n) is 3.49. The van der Waals surface area contributed by atoms with Crippen molar-refractivity contribution in [2.24, 2.45) is 11.7 Å². The van der Waals surface area contributed by atoms with Gasteiger partial charge in [0.15, 0.2) is 0 Å². The SMILES string of the molecule is Cc1ncc(C(=O)NC(CN)C2CC2)c(C(C)C)n1.Cl. The predicted octanol–water partition coefficient (Wildman–Crippen LogP) is 1.80. The first kappa shape index (κ1) is 16.9. The van der Waals surface area contributed by atoms with Crippen LogP contribution in [0.15, 0.2) is 6.20 Å². The maximum atomic E-state index is 12.3. The van der Waals surface area contributed by atoms with Crippen LogP contribution in [0.3, 0.4) is 0 Å². The van der Waals surface area contributed by atoms with E-state index in [0.29, 0.717) is 23.9 Å². The number of carbonyl (C=O) groups is 1. The quantitative estimate of drug-likeness (QED) is 0.868. The van der Waals surface area contributed by atoms with Gasteiger partial charge in [-0.3, -0.25) is 4.79 Å². The highest BCUT2D eigenvalue weighted by Crippen LogP contribution is 2.32. The highest BCUT2D eigenvalue weighted by molar-refractivity contribution is 5.95. The molecule has 0 saturated heterocycles. The summed E-state index contributed by atoms with van der Waals surface area (Å²) in [5.74, 6) is 1.33. The summed E-state index contributed by atoms with van der Waals surface area (Å²) < 4.78 is 0. The summed E-state index contributed by atoms with van der Waals surface area (Å²) in [5.41, 5.74) is 7.09. The fourth-order valence-corrected chi connectivity index (χ4v) is 2.22. The second-order valence-electron chi connectivity index (χ2n) is 5.52. The number of aromatic nitrogens is 2. The van der Waals surface area contributed by atoms with E-state index in [1.807, 2.05) is 20.8 Å². The molecule has 1 unspecified atom stereocenters. The van der Waals surface area contributed by atoms with Gasteiger partial charge in [0.25, 0.3) is 5.91 Å². The topological polar surface area (TPSA) is 80.9 Å². The predicted molar refractivity (Wildman–Crippen MR) is 81.1 cm³/mol. The number of amides is 1. The fraction of sp³-hybridized carbons (Fsp3) is 0.643. The number of halogens is 1. The molecule has 1 atom stereocenters. The summed E-state index contributed by atoms with van der Waals surface area (Å²) >= 11 is 0. The average Bonchev–Trinajstić information content (AvgIpc) is 3.19. The van der Waals surface area contributed by atoms with Gasteiger partial charge in [0, 0.05) is 18.8 Å². The molecule has 1 aromatic heterocycles. The Kier molecular flexibility index (Phi) is 5.89. The number of rotatable bonds is 5. The largest absolute Gasteiger partial charge is 0.348 e. The minimum atomic E-state index is -0.106. The molecule has 6 heteroatoms. The molecule has 20 heavy (non-hydrogen) atoms. The van der Waals surface area contributed by atoms with E-state index < -0.39 is 0 Å². The van der Waals surface area contributed by atoms with Crippen LogP contribution in [0, 0.1) is 12.8 Å². The second kappa shape index (κ2) is 6.99. The molecule has 1 saturated carbocycles. The first-order valence-electron chi connectivity index (χ1n) is 6.87. The van der Waals surface area contributed by atoms with Crippen LogP contribution in [-0.4, -0.2) is 28.5 Å². The maximum absolute atomic E-state index is 12.3. The van der Waals surface area contributed by atoms with E-state index >= 15 is 0 Å². The van der Waals surface area contributed by atoms with E-state index in [9.17, 15) is 4.79 Å². The van der Waals surface area contributed by atoms with Crippen molar-refractivity contribution in [3.05, 3.63) is 23.3 Å². The lowest BCUT2D eigenvalue weighted by molar-refractivity contribution is 0.0931. The van der Waals surface area contributed by atoms with Gasteiger partial charge in [-0.15, -0.1) is 12.4 Å². The third kappa shape index (κ3) is 3.90. The van der Waals surface area contributed by atoms with Gasteiger partial charge in [-0.2, -0.15) is 0 Å². The third-order valence-corrected chi connectivity index (χ3v) is 3.49. The number of hydrogen-bond donors (Lipinski definition) is 2. The fourth-order valence-electron chi connectivity index (χ4n) is 2.22. The molecule has 3 N–H and O–H groups in total. The maximum Gasteiger partial charge on any atom is 0.254 e. The molecule has 0 radical (unpaired) electrons. The summed E-state index contributed by atoms with van der Waals surface area (Å²) in [7, 11) is 0. The molecule has 1 fully saturated rings. The van der Waals surface area contributed by atoms with E-state index in [0.717, 1.165) is 18.5 Å². The Morgan fingerprint density at radius 3 is 2.65 bits per heavy atom. The summed E-state index contributed by atoms with van der Waals surface area (Å²) in [6.07, 6.45) is 3.93. The summed E-state index contributed by atoms with van der Waals surface area (Å²) in [6, 6.07) is 0.0776. The van der Waals surface area contributed by atoms with E-state index in [2.05, 4.69) is 15.3 Å². The number of aryl methyl sites for hydroxylation is 1. The Bertz CT molecular complexity index is 474. The average molecular weight is 299 g/mol. The van der Waals surface area contributed by atoms with Crippen molar-refractivity contribution in [1.29, 1.82) is 0 Å². The first-order valence-corrected chi connectivity index (χ1v) is 6.87. The van der Waals surface area contributed by atoms with E-state index in [1.54, 1.807) is 6.20 Å². The number of hydrogen-bond acceptors (Lipinski definition) is 4. The van der Waals surface area contributed by atoms with Crippen molar-refractivity contribution >= 4 is 18.3 Å². The van der Waals surface area contributed by atoms with Crippen LogP contribution in [0.2, 0.25) is 0 Å². The van der Waals surface area contributed by atoms with Crippen molar-refractivity contribution in [3.8, 4) is 0 Å². The van der Waals surface area contributed by atoms with Crippen LogP contribution in [0.25, 0.3) is 0 Å². The summed E-state index contributed by atoms with van der Waals surface area (Å²) in [5, 5.41) is 3.02. The van der Waals surface area contributed by atoms with Crippen molar-refractivity contribution in [2.45, 2.75) is 45.6 Å². The monoisotopic (exact) mass is 298 g/mol. The summed E-state index contributed by atoms with van der Waals surface area (Å²) in [6.45, 7) is 6.38. The molecule has 5 nitrogen and oxygen atoms in total. The van der Waals surface area contributed by atoms with E-state index in [1.165, 1.54) is 0 Å². The molecule has 0 aliphatic heterocycles.